The Morgan fingerprint density at radius 1 is 1.04 bits per heavy atom. The van der Waals surface area contributed by atoms with Crippen LogP contribution in [0.25, 0.3) is 0 Å². The molecule has 2 rings (SSSR count). The van der Waals surface area contributed by atoms with E-state index in [9.17, 15) is 9.59 Å². The number of ether oxygens (including phenoxy) is 2. The van der Waals surface area contributed by atoms with Gasteiger partial charge >= 0.3 is 0 Å². The van der Waals surface area contributed by atoms with Crippen molar-refractivity contribution in [3.8, 4) is 11.5 Å². The zero-order valence-electron chi connectivity index (χ0n) is 13.7. The van der Waals surface area contributed by atoms with Crippen LogP contribution in [0.2, 0.25) is 5.02 Å². The minimum atomic E-state index is -0.552. The molecular formula is C16H17ClN2O5. The van der Waals surface area contributed by atoms with Crippen LogP contribution in [0.1, 0.15) is 32.2 Å². The van der Waals surface area contributed by atoms with E-state index in [0.29, 0.717) is 28.6 Å². The van der Waals surface area contributed by atoms with Crippen molar-refractivity contribution in [3.05, 3.63) is 45.9 Å². The van der Waals surface area contributed by atoms with Crippen LogP contribution < -0.4 is 20.3 Å². The minimum Gasteiger partial charge on any atom is -0.493 e. The third-order valence-corrected chi connectivity index (χ3v) is 3.55. The second kappa shape index (κ2) is 7.27. The Morgan fingerprint density at radius 3 is 2.25 bits per heavy atom. The van der Waals surface area contributed by atoms with E-state index < -0.39 is 11.8 Å². The van der Waals surface area contributed by atoms with Crippen LogP contribution >= 0.6 is 11.6 Å². The third-order valence-electron chi connectivity index (χ3n) is 3.27. The Bertz CT molecular complexity index is 785. The number of aryl methyl sites for hydroxylation is 2. The highest BCUT2D eigenvalue weighted by Gasteiger charge is 2.17. The molecule has 0 fully saturated rings. The van der Waals surface area contributed by atoms with E-state index >= 15 is 0 Å². The molecule has 2 amide bonds. The number of hydrogen-bond donors (Lipinski definition) is 2. The standard InChI is InChI=1S/C16H17ClN2O5/c1-8-5-11(9(2)24-8)16(21)19-18-15(20)10-6-12(17)14(23-4)13(7-10)22-3/h5-7H,1-4H3,(H,18,20)(H,19,21). The molecule has 0 spiro atoms. The molecule has 1 heterocycles. The van der Waals surface area contributed by atoms with Crippen LogP contribution in [-0.4, -0.2) is 26.0 Å². The summed E-state index contributed by atoms with van der Waals surface area (Å²) in [6, 6.07) is 4.46. The average Bonchev–Trinajstić information content (AvgIpc) is 2.89. The molecule has 7 nitrogen and oxygen atoms in total. The van der Waals surface area contributed by atoms with Crippen LogP contribution in [0.15, 0.2) is 22.6 Å². The van der Waals surface area contributed by atoms with E-state index in [4.69, 9.17) is 25.5 Å². The predicted molar refractivity (Wildman–Crippen MR) is 87.7 cm³/mol. The summed E-state index contributed by atoms with van der Waals surface area (Å²) < 4.78 is 15.5. The summed E-state index contributed by atoms with van der Waals surface area (Å²) in [5, 5.41) is 0.217. The third kappa shape index (κ3) is 3.62. The number of carbonyl (C=O) groups excluding carboxylic acids is 2. The van der Waals surface area contributed by atoms with Crippen LogP contribution in [0.3, 0.4) is 0 Å². The predicted octanol–water partition coefficient (Wildman–Crippen LogP) is 2.64. The summed E-state index contributed by atoms with van der Waals surface area (Å²) in [7, 11) is 2.88. The first-order chi connectivity index (χ1) is 11.4. The van der Waals surface area contributed by atoms with Gasteiger partial charge in [-0.25, -0.2) is 0 Å². The number of methoxy groups -OCH3 is 2. The van der Waals surface area contributed by atoms with Crippen LogP contribution in [0.4, 0.5) is 0 Å². The van der Waals surface area contributed by atoms with Gasteiger partial charge in [-0.15, -0.1) is 0 Å². The second-order valence-corrected chi connectivity index (χ2v) is 5.34. The van der Waals surface area contributed by atoms with E-state index in [1.54, 1.807) is 19.9 Å². The Morgan fingerprint density at radius 2 is 1.71 bits per heavy atom. The molecule has 128 valence electrons. The highest BCUT2D eigenvalue weighted by Crippen LogP contribution is 2.35. The largest absolute Gasteiger partial charge is 0.493 e. The van der Waals surface area contributed by atoms with Crippen molar-refractivity contribution in [2.24, 2.45) is 0 Å². The van der Waals surface area contributed by atoms with Gasteiger partial charge in [0, 0.05) is 5.56 Å². The molecule has 0 aliphatic carbocycles. The topological polar surface area (TPSA) is 89.8 Å². The molecule has 0 aliphatic rings. The maximum Gasteiger partial charge on any atom is 0.273 e. The first-order valence-electron chi connectivity index (χ1n) is 6.96. The number of halogens is 1. The summed E-state index contributed by atoms with van der Waals surface area (Å²) in [6.07, 6.45) is 0. The van der Waals surface area contributed by atoms with Gasteiger partial charge in [-0.3, -0.25) is 20.4 Å². The monoisotopic (exact) mass is 352 g/mol. The smallest absolute Gasteiger partial charge is 0.273 e. The van der Waals surface area contributed by atoms with Gasteiger partial charge < -0.3 is 13.9 Å². The summed E-state index contributed by atoms with van der Waals surface area (Å²) in [5.41, 5.74) is 5.19. The molecule has 0 saturated heterocycles. The van der Waals surface area contributed by atoms with Gasteiger partial charge in [0.1, 0.15) is 11.5 Å². The summed E-state index contributed by atoms with van der Waals surface area (Å²) in [4.78, 5) is 24.2. The molecule has 0 radical (unpaired) electrons. The fourth-order valence-corrected chi connectivity index (χ4v) is 2.45. The number of rotatable bonds is 4. The van der Waals surface area contributed by atoms with Crippen LogP contribution in [-0.2, 0) is 0 Å². The van der Waals surface area contributed by atoms with Crippen molar-refractivity contribution in [2.75, 3.05) is 14.2 Å². The zero-order valence-corrected chi connectivity index (χ0v) is 14.4. The lowest BCUT2D eigenvalue weighted by atomic mass is 10.2. The highest BCUT2D eigenvalue weighted by molar-refractivity contribution is 6.32. The second-order valence-electron chi connectivity index (χ2n) is 4.93. The van der Waals surface area contributed by atoms with Crippen LogP contribution in [0.5, 0.6) is 11.5 Å². The number of nitrogens with one attached hydrogen (secondary N) is 2. The lowest BCUT2D eigenvalue weighted by Gasteiger charge is -2.12. The van der Waals surface area contributed by atoms with E-state index in [1.165, 1.54) is 26.4 Å². The van der Waals surface area contributed by atoms with Crippen molar-refractivity contribution in [1.29, 1.82) is 0 Å². The molecule has 0 bridgehead atoms. The van der Waals surface area contributed by atoms with Gasteiger partial charge in [-0.2, -0.15) is 0 Å². The molecule has 0 unspecified atom stereocenters. The number of benzene rings is 1. The molecular weight excluding hydrogens is 336 g/mol. The Balaban J connectivity index is 2.11. The number of hydrazine groups is 1. The SMILES string of the molecule is COc1cc(C(=O)NNC(=O)c2cc(C)oc2C)cc(Cl)c1OC. The maximum absolute atomic E-state index is 12.2. The Labute approximate surface area is 143 Å². The highest BCUT2D eigenvalue weighted by atomic mass is 35.5. The number of furan rings is 1. The van der Waals surface area contributed by atoms with E-state index in [1.807, 2.05) is 0 Å². The molecule has 0 aliphatic heterocycles. The van der Waals surface area contributed by atoms with Gasteiger partial charge in [-0.05, 0) is 32.0 Å². The first kappa shape index (κ1) is 17.7. The Kier molecular flexibility index (Phi) is 5.35. The fourth-order valence-electron chi connectivity index (χ4n) is 2.16. The molecule has 2 N–H and O–H groups in total. The minimum absolute atomic E-state index is 0.207. The van der Waals surface area contributed by atoms with Crippen molar-refractivity contribution in [2.45, 2.75) is 13.8 Å². The summed E-state index contributed by atoms with van der Waals surface area (Å²) in [6.45, 7) is 3.39. The Hall–Kier alpha value is -2.67. The van der Waals surface area contributed by atoms with Gasteiger partial charge in [0.15, 0.2) is 11.5 Å². The molecule has 1 aromatic carbocycles. The number of hydrogen-bond acceptors (Lipinski definition) is 5. The van der Waals surface area contributed by atoms with Crippen LogP contribution in [0, 0.1) is 13.8 Å². The molecule has 1 aromatic heterocycles. The molecule has 0 saturated carbocycles. The maximum atomic E-state index is 12.2. The normalized spacial score (nSPS) is 10.2. The summed E-state index contributed by atoms with van der Waals surface area (Å²) in [5.74, 6) is 0.671. The quantitative estimate of drug-likeness (QED) is 0.826. The van der Waals surface area contributed by atoms with Crippen molar-refractivity contribution in [3.63, 3.8) is 0 Å². The van der Waals surface area contributed by atoms with E-state index in [0.717, 1.165) is 0 Å². The number of amides is 2. The van der Waals surface area contributed by atoms with Crippen molar-refractivity contribution >= 4 is 23.4 Å². The average molecular weight is 353 g/mol. The van der Waals surface area contributed by atoms with Crippen molar-refractivity contribution < 1.29 is 23.5 Å². The van der Waals surface area contributed by atoms with Gasteiger partial charge in [0.05, 0.1) is 24.8 Å². The lowest BCUT2D eigenvalue weighted by Crippen LogP contribution is -2.41. The zero-order chi connectivity index (χ0) is 17.9. The molecule has 2 aromatic rings. The first-order valence-corrected chi connectivity index (χ1v) is 7.34. The molecule has 8 heteroatoms. The van der Waals surface area contributed by atoms with Gasteiger partial charge in [0.25, 0.3) is 11.8 Å². The molecule has 0 atom stereocenters. The van der Waals surface area contributed by atoms with E-state index in [-0.39, 0.29) is 10.6 Å². The fraction of sp³-hybridized carbons (Fsp3) is 0.250. The van der Waals surface area contributed by atoms with E-state index in [2.05, 4.69) is 10.9 Å². The molecule has 24 heavy (non-hydrogen) atoms. The van der Waals surface area contributed by atoms with Crippen molar-refractivity contribution in [1.82, 2.24) is 10.9 Å². The number of carbonyl (C=O) groups is 2. The van der Waals surface area contributed by atoms with Gasteiger partial charge in [0.2, 0.25) is 0 Å². The lowest BCUT2D eigenvalue weighted by molar-refractivity contribution is 0.0845. The summed E-state index contributed by atoms with van der Waals surface area (Å²) >= 11 is 6.05. The van der Waals surface area contributed by atoms with Gasteiger partial charge in [-0.1, -0.05) is 11.6 Å².